The molecule has 176 valence electrons. The van der Waals surface area contributed by atoms with Crippen molar-refractivity contribution in [3.05, 3.63) is 83.0 Å². The maximum absolute atomic E-state index is 12.7. The van der Waals surface area contributed by atoms with Gasteiger partial charge in [-0.05, 0) is 38.1 Å². The molecule has 0 atom stereocenters. The van der Waals surface area contributed by atoms with Crippen LogP contribution in [0.5, 0.6) is 0 Å². The zero-order valence-electron chi connectivity index (χ0n) is 18.9. The zero-order chi connectivity index (χ0) is 24.8. The number of nitrogens with one attached hydrogen (secondary N) is 1. The Bertz CT molecular complexity index is 1390. The summed E-state index contributed by atoms with van der Waals surface area (Å²) in [6.45, 7) is 3.12. The third kappa shape index (κ3) is 5.39. The Morgan fingerprint density at radius 3 is 2.71 bits per heavy atom. The van der Waals surface area contributed by atoms with Gasteiger partial charge < -0.3 is 14.6 Å². The minimum Gasteiger partial charge on any atom is -0.452 e. The number of thioether (sulfide) groups is 1. The van der Waals surface area contributed by atoms with Crippen LogP contribution in [0.1, 0.15) is 32.9 Å². The number of para-hydroxylation sites is 1. The van der Waals surface area contributed by atoms with Crippen molar-refractivity contribution >= 4 is 29.5 Å². The van der Waals surface area contributed by atoms with E-state index >= 15 is 0 Å². The second kappa shape index (κ2) is 10.7. The van der Waals surface area contributed by atoms with Crippen molar-refractivity contribution in [2.45, 2.75) is 24.6 Å². The summed E-state index contributed by atoms with van der Waals surface area (Å²) in [6.07, 6.45) is 2.93. The highest BCUT2D eigenvalue weighted by molar-refractivity contribution is 7.98. The van der Waals surface area contributed by atoms with Crippen LogP contribution in [-0.2, 0) is 15.3 Å². The first-order valence-electron chi connectivity index (χ1n) is 10.5. The summed E-state index contributed by atoms with van der Waals surface area (Å²) in [4.78, 5) is 29.6. The fourth-order valence-corrected chi connectivity index (χ4v) is 4.34. The molecule has 0 bridgehead atoms. The van der Waals surface area contributed by atoms with E-state index in [1.165, 1.54) is 22.6 Å². The quantitative estimate of drug-likeness (QED) is 0.290. The first-order chi connectivity index (χ1) is 17.0. The number of hydrogen-bond acceptors (Lipinski definition) is 9. The van der Waals surface area contributed by atoms with Crippen molar-refractivity contribution < 1.29 is 18.8 Å². The smallest absolute Gasteiger partial charge is 0.341 e. The first-order valence-corrected chi connectivity index (χ1v) is 11.5. The number of aromatic nitrogens is 4. The molecule has 0 fully saturated rings. The average molecular weight is 489 g/mol. The van der Waals surface area contributed by atoms with Crippen LogP contribution in [-0.4, -0.2) is 38.4 Å². The molecule has 10 nitrogen and oxygen atoms in total. The number of benzene rings is 1. The average Bonchev–Trinajstić information content (AvgIpc) is 3.43. The van der Waals surface area contributed by atoms with Gasteiger partial charge >= 0.3 is 5.97 Å². The second-order valence-corrected chi connectivity index (χ2v) is 8.30. The van der Waals surface area contributed by atoms with E-state index in [0.29, 0.717) is 22.2 Å². The highest BCUT2D eigenvalue weighted by atomic mass is 32.2. The Morgan fingerprint density at radius 1 is 1.20 bits per heavy atom. The van der Waals surface area contributed by atoms with Crippen LogP contribution < -0.4 is 5.32 Å². The van der Waals surface area contributed by atoms with E-state index in [0.717, 1.165) is 11.3 Å². The number of carbonyl (C=O) groups is 2. The fraction of sp³-hybridized carbons (Fsp3) is 0.167. The molecule has 0 spiro atoms. The van der Waals surface area contributed by atoms with Gasteiger partial charge in [0.2, 0.25) is 0 Å². The lowest BCUT2D eigenvalue weighted by Crippen LogP contribution is -2.23. The number of nitriles is 1. The summed E-state index contributed by atoms with van der Waals surface area (Å²) < 4.78 is 11.8. The number of pyridine rings is 1. The number of carbonyl (C=O) groups excluding carboxylic acids is 2. The molecule has 1 amide bonds. The summed E-state index contributed by atoms with van der Waals surface area (Å²) in [5, 5.41) is 20.6. The predicted molar refractivity (Wildman–Crippen MR) is 127 cm³/mol. The maximum Gasteiger partial charge on any atom is 0.341 e. The highest BCUT2D eigenvalue weighted by Crippen LogP contribution is 2.27. The van der Waals surface area contributed by atoms with Crippen LogP contribution >= 0.6 is 11.8 Å². The van der Waals surface area contributed by atoms with E-state index in [9.17, 15) is 14.9 Å². The molecular weight excluding hydrogens is 468 g/mol. The number of esters is 1. The van der Waals surface area contributed by atoms with E-state index in [1.54, 1.807) is 30.5 Å². The van der Waals surface area contributed by atoms with Crippen molar-refractivity contribution in [2.75, 3.05) is 11.9 Å². The first kappa shape index (κ1) is 23.7. The van der Waals surface area contributed by atoms with Crippen molar-refractivity contribution in [3.8, 4) is 11.8 Å². The van der Waals surface area contributed by atoms with Gasteiger partial charge in [-0.3, -0.25) is 4.79 Å². The third-order valence-corrected chi connectivity index (χ3v) is 6.04. The van der Waals surface area contributed by atoms with E-state index in [1.807, 2.05) is 38.1 Å². The van der Waals surface area contributed by atoms with E-state index in [-0.39, 0.29) is 16.9 Å². The molecule has 4 aromatic rings. The van der Waals surface area contributed by atoms with Gasteiger partial charge in [0.25, 0.3) is 5.91 Å². The zero-order valence-corrected chi connectivity index (χ0v) is 19.7. The van der Waals surface area contributed by atoms with Crippen LogP contribution in [0.2, 0.25) is 0 Å². The molecule has 0 aliphatic heterocycles. The van der Waals surface area contributed by atoms with Gasteiger partial charge in [-0.2, -0.15) is 10.4 Å². The summed E-state index contributed by atoms with van der Waals surface area (Å²) >= 11 is 1.34. The van der Waals surface area contributed by atoms with Gasteiger partial charge in [0.05, 0.1) is 23.1 Å². The monoisotopic (exact) mass is 488 g/mol. The summed E-state index contributed by atoms with van der Waals surface area (Å²) in [6, 6.07) is 14.2. The van der Waals surface area contributed by atoms with Crippen molar-refractivity contribution in [1.29, 1.82) is 5.26 Å². The fourth-order valence-electron chi connectivity index (χ4n) is 3.20. The highest BCUT2D eigenvalue weighted by Gasteiger charge is 2.19. The largest absolute Gasteiger partial charge is 0.452 e. The van der Waals surface area contributed by atoms with E-state index in [4.69, 9.17) is 9.26 Å². The van der Waals surface area contributed by atoms with Gasteiger partial charge in [0.15, 0.2) is 12.4 Å². The number of nitrogens with zero attached hydrogens (tertiary/aromatic N) is 5. The number of rotatable bonds is 8. The molecule has 3 aromatic heterocycles. The Balaban J connectivity index is 1.42. The van der Waals surface area contributed by atoms with Crippen molar-refractivity contribution in [3.63, 3.8) is 0 Å². The second-order valence-electron chi connectivity index (χ2n) is 7.34. The number of aryl methyl sites for hydroxylation is 2. The molecule has 4 rings (SSSR count). The van der Waals surface area contributed by atoms with E-state index in [2.05, 4.69) is 20.6 Å². The van der Waals surface area contributed by atoms with Gasteiger partial charge in [-0.25, -0.2) is 14.5 Å². The lowest BCUT2D eigenvalue weighted by atomic mass is 10.2. The molecule has 0 radical (unpaired) electrons. The lowest BCUT2D eigenvalue weighted by molar-refractivity contribution is -0.119. The number of amides is 1. The molecule has 3 heterocycles. The molecule has 1 aromatic carbocycles. The molecule has 0 saturated carbocycles. The normalized spacial score (nSPS) is 10.5. The van der Waals surface area contributed by atoms with E-state index < -0.39 is 18.5 Å². The van der Waals surface area contributed by atoms with Gasteiger partial charge in [-0.15, -0.1) is 11.8 Å². The minimum atomic E-state index is -0.688. The Labute approximate surface area is 204 Å². The van der Waals surface area contributed by atoms with Crippen LogP contribution in [0.3, 0.4) is 0 Å². The Hall–Kier alpha value is -4.43. The maximum atomic E-state index is 12.7. The molecule has 0 unspecified atom stereocenters. The van der Waals surface area contributed by atoms with Gasteiger partial charge in [0, 0.05) is 17.5 Å². The number of hydrogen-bond donors (Lipinski definition) is 1. The Morgan fingerprint density at radius 2 is 2.00 bits per heavy atom. The number of anilines is 1. The van der Waals surface area contributed by atoms with Crippen molar-refractivity contribution in [2.24, 2.45) is 0 Å². The summed E-state index contributed by atoms with van der Waals surface area (Å²) in [5.41, 5.74) is 2.79. The van der Waals surface area contributed by atoms with Crippen LogP contribution in [0.25, 0.3) is 5.69 Å². The molecule has 0 aliphatic rings. The topological polar surface area (TPSA) is 136 Å². The Kier molecular flexibility index (Phi) is 7.23. The third-order valence-electron chi connectivity index (χ3n) is 5.01. The molecule has 35 heavy (non-hydrogen) atoms. The van der Waals surface area contributed by atoms with Crippen LogP contribution in [0.15, 0.2) is 64.4 Å². The van der Waals surface area contributed by atoms with Crippen LogP contribution in [0.4, 0.5) is 5.82 Å². The van der Waals surface area contributed by atoms with Gasteiger partial charge in [0.1, 0.15) is 22.4 Å². The molecule has 0 saturated heterocycles. The molecule has 0 aliphatic carbocycles. The standard InChI is InChI=1S/C24H20N6O4S/c1-15-20(16(2)34-29-15)14-35-23-19(9-6-10-26-23)24(32)33-13-21(31)28-22-17(11-25)12-27-30(22)18-7-4-3-5-8-18/h3-10,12H,13-14H2,1-2H3,(H,28,31). The predicted octanol–water partition coefficient (Wildman–Crippen LogP) is 3.83. The minimum absolute atomic E-state index is 0.179. The summed E-state index contributed by atoms with van der Waals surface area (Å²) in [7, 11) is 0. The molecule has 11 heteroatoms. The number of ether oxygens (including phenoxy) is 1. The SMILES string of the molecule is Cc1noc(C)c1CSc1ncccc1C(=O)OCC(=O)Nc1c(C#N)cnn1-c1ccccc1. The summed E-state index contributed by atoms with van der Waals surface area (Å²) in [5.74, 6) is 0.113. The van der Waals surface area contributed by atoms with Crippen molar-refractivity contribution in [1.82, 2.24) is 19.9 Å². The van der Waals surface area contributed by atoms with Gasteiger partial charge in [-0.1, -0.05) is 23.4 Å². The molecular formula is C24H20N6O4S. The lowest BCUT2D eigenvalue weighted by Gasteiger charge is -2.11. The molecule has 1 N–H and O–H groups in total. The van der Waals surface area contributed by atoms with Crippen LogP contribution in [0, 0.1) is 25.2 Å².